The molecule has 1 N–H and O–H groups in total. The largest absolute Gasteiger partial charge is 0.417 e. The van der Waals surface area contributed by atoms with Crippen molar-refractivity contribution >= 4 is 28.8 Å². The fourth-order valence-electron chi connectivity index (χ4n) is 3.04. The molecule has 0 fully saturated rings. The topological polar surface area (TPSA) is 46.4 Å². The van der Waals surface area contributed by atoms with E-state index in [1.165, 1.54) is 0 Å². The minimum absolute atomic E-state index is 0.0374. The van der Waals surface area contributed by atoms with Gasteiger partial charge in [0.2, 0.25) is 0 Å². The number of imidazole rings is 1. The summed E-state index contributed by atoms with van der Waals surface area (Å²) in [5.74, 6) is -0.548. The van der Waals surface area contributed by atoms with E-state index in [0.717, 1.165) is 22.2 Å². The van der Waals surface area contributed by atoms with Gasteiger partial charge in [0.15, 0.2) is 5.65 Å². The highest BCUT2D eigenvalue weighted by Crippen LogP contribution is 2.33. The molecule has 2 aromatic heterocycles. The Kier molecular flexibility index (Phi) is 5.38. The van der Waals surface area contributed by atoms with Crippen LogP contribution in [0.1, 0.15) is 55.0 Å². The number of aryl methyl sites for hydroxylation is 1. The first-order chi connectivity index (χ1) is 13.4. The minimum Gasteiger partial charge on any atom is -0.321 e. The highest BCUT2D eigenvalue weighted by atomic mass is 35.5. The molecule has 0 radical (unpaired) electrons. The van der Waals surface area contributed by atoms with Crippen LogP contribution in [-0.4, -0.2) is 15.3 Å². The summed E-state index contributed by atoms with van der Waals surface area (Å²) in [5.41, 5.74) is 1.18. The number of carbonyl (C=O) groups excluding carboxylic acids is 1. The highest BCUT2D eigenvalue weighted by Gasteiger charge is 2.33. The van der Waals surface area contributed by atoms with Crippen LogP contribution in [0.5, 0.6) is 0 Å². The molecule has 0 saturated heterocycles. The summed E-state index contributed by atoms with van der Waals surface area (Å²) in [6.45, 7) is 8.01. The quantitative estimate of drug-likeness (QED) is 0.551. The summed E-state index contributed by atoms with van der Waals surface area (Å²) in [5, 5.41) is 2.58. The smallest absolute Gasteiger partial charge is 0.321 e. The summed E-state index contributed by atoms with van der Waals surface area (Å²) < 4.78 is 40.7. The number of pyridine rings is 1. The van der Waals surface area contributed by atoms with Gasteiger partial charge in [-0.15, -0.1) is 0 Å². The number of nitrogens with zero attached hydrogens (tertiary/aromatic N) is 2. The van der Waals surface area contributed by atoms with Crippen LogP contribution >= 0.6 is 11.6 Å². The third kappa shape index (κ3) is 4.24. The molecule has 0 atom stereocenters. The van der Waals surface area contributed by atoms with Gasteiger partial charge < -0.3 is 5.32 Å². The molecule has 0 aliphatic carbocycles. The molecule has 3 aromatic rings. The van der Waals surface area contributed by atoms with E-state index in [-0.39, 0.29) is 21.8 Å². The van der Waals surface area contributed by atoms with Crippen LogP contribution in [0.15, 0.2) is 36.5 Å². The van der Waals surface area contributed by atoms with Crippen molar-refractivity contribution in [1.29, 1.82) is 0 Å². The number of hydrogen-bond acceptors (Lipinski definition) is 2. The fourth-order valence-corrected chi connectivity index (χ4v) is 3.29. The molecule has 0 aliphatic rings. The lowest BCUT2D eigenvalue weighted by Crippen LogP contribution is -2.17. The number of alkyl halides is 3. The highest BCUT2D eigenvalue weighted by molar-refractivity contribution is 6.33. The first-order valence-electron chi connectivity index (χ1n) is 9.11. The molecule has 1 aromatic carbocycles. The van der Waals surface area contributed by atoms with Crippen LogP contribution in [0.4, 0.5) is 18.9 Å². The first kappa shape index (κ1) is 21.2. The van der Waals surface area contributed by atoms with Crippen molar-refractivity contribution < 1.29 is 18.0 Å². The van der Waals surface area contributed by atoms with Crippen molar-refractivity contribution in [2.45, 2.75) is 45.7 Å². The van der Waals surface area contributed by atoms with E-state index in [2.05, 4.69) is 31.1 Å². The molecular weight excluding hydrogens is 403 g/mol. The molecule has 2 heterocycles. The standard InChI is InChI=1S/C21H21ClF3N3O/c1-5-16-17(19(29)26-14-8-6-12(7-9-14)20(2,3)4)28-11-13(21(23,24)25)10-15(22)18(28)27-16/h6-11H,5H2,1-4H3,(H,26,29). The normalized spacial score (nSPS) is 12.4. The molecule has 0 bridgehead atoms. The Morgan fingerprint density at radius 2 is 1.76 bits per heavy atom. The van der Waals surface area contributed by atoms with Crippen LogP contribution in [-0.2, 0) is 18.0 Å². The number of aromatic nitrogens is 2. The van der Waals surface area contributed by atoms with E-state index < -0.39 is 17.6 Å². The minimum atomic E-state index is -4.59. The first-order valence-corrected chi connectivity index (χ1v) is 9.49. The zero-order chi connectivity index (χ0) is 21.6. The van der Waals surface area contributed by atoms with E-state index in [0.29, 0.717) is 17.8 Å². The Hall–Kier alpha value is -2.54. The third-order valence-electron chi connectivity index (χ3n) is 4.63. The number of amides is 1. The molecule has 3 rings (SSSR count). The van der Waals surface area contributed by atoms with E-state index in [1.807, 2.05) is 12.1 Å². The lowest BCUT2D eigenvalue weighted by atomic mass is 9.87. The van der Waals surface area contributed by atoms with Crippen LogP contribution < -0.4 is 5.32 Å². The Morgan fingerprint density at radius 1 is 1.14 bits per heavy atom. The Morgan fingerprint density at radius 3 is 2.28 bits per heavy atom. The number of hydrogen-bond donors (Lipinski definition) is 1. The molecule has 29 heavy (non-hydrogen) atoms. The average molecular weight is 424 g/mol. The maximum Gasteiger partial charge on any atom is 0.417 e. The second-order valence-electron chi connectivity index (χ2n) is 7.81. The van der Waals surface area contributed by atoms with Crippen molar-refractivity contribution in [2.24, 2.45) is 0 Å². The van der Waals surface area contributed by atoms with Crippen molar-refractivity contribution in [3.63, 3.8) is 0 Å². The maximum absolute atomic E-state index is 13.2. The number of carbonyl (C=O) groups is 1. The second-order valence-corrected chi connectivity index (χ2v) is 8.22. The summed E-state index contributed by atoms with van der Waals surface area (Å²) >= 11 is 6.02. The van der Waals surface area contributed by atoms with Gasteiger partial charge in [-0.1, -0.05) is 51.4 Å². The predicted molar refractivity (Wildman–Crippen MR) is 108 cm³/mol. The molecule has 1 amide bonds. The Labute approximate surface area is 171 Å². The lowest BCUT2D eigenvalue weighted by Gasteiger charge is -2.19. The number of halogens is 4. The van der Waals surface area contributed by atoms with Crippen LogP contribution in [0.3, 0.4) is 0 Å². The van der Waals surface area contributed by atoms with Crippen molar-refractivity contribution in [2.75, 3.05) is 5.32 Å². The molecular formula is C21H21ClF3N3O. The maximum atomic E-state index is 13.2. The van der Waals surface area contributed by atoms with Gasteiger partial charge in [-0.3, -0.25) is 9.20 Å². The summed E-state index contributed by atoms with van der Waals surface area (Å²) in [7, 11) is 0. The van der Waals surface area contributed by atoms with Crippen LogP contribution in [0, 0.1) is 0 Å². The van der Waals surface area contributed by atoms with Crippen LogP contribution in [0.25, 0.3) is 5.65 Å². The number of fused-ring (bicyclic) bond motifs is 1. The van der Waals surface area contributed by atoms with E-state index in [9.17, 15) is 18.0 Å². The fraction of sp³-hybridized carbons (Fsp3) is 0.333. The van der Waals surface area contributed by atoms with Gasteiger partial charge in [0.1, 0.15) is 5.69 Å². The van der Waals surface area contributed by atoms with Gasteiger partial charge in [0.05, 0.1) is 16.3 Å². The third-order valence-corrected chi connectivity index (χ3v) is 4.91. The van der Waals surface area contributed by atoms with Gasteiger partial charge in [-0.2, -0.15) is 13.2 Å². The number of nitrogens with one attached hydrogen (secondary N) is 1. The van der Waals surface area contributed by atoms with Crippen molar-refractivity contribution in [3.05, 3.63) is 64.1 Å². The second kappa shape index (κ2) is 7.37. The Balaban J connectivity index is 2.03. The van der Waals surface area contributed by atoms with E-state index >= 15 is 0 Å². The van der Waals surface area contributed by atoms with Crippen LogP contribution in [0.2, 0.25) is 5.02 Å². The SMILES string of the molecule is CCc1nc2c(Cl)cc(C(F)(F)F)cn2c1C(=O)Nc1ccc(C(C)(C)C)cc1. The van der Waals surface area contributed by atoms with Gasteiger partial charge in [-0.05, 0) is 35.6 Å². The summed E-state index contributed by atoms with van der Waals surface area (Å²) in [6, 6.07) is 8.16. The number of rotatable bonds is 3. The van der Waals surface area contributed by atoms with Gasteiger partial charge in [-0.25, -0.2) is 4.98 Å². The van der Waals surface area contributed by atoms with Gasteiger partial charge >= 0.3 is 6.18 Å². The van der Waals surface area contributed by atoms with Crippen molar-refractivity contribution in [3.8, 4) is 0 Å². The average Bonchev–Trinajstić information content (AvgIpc) is 3.00. The lowest BCUT2D eigenvalue weighted by molar-refractivity contribution is -0.137. The number of anilines is 1. The molecule has 0 spiro atoms. The summed E-state index contributed by atoms with van der Waals surface area (Å²) in [4.78, 5) is 17.2. The molecule has 0 saturated carbocycles. The van der Waals surface area contributed by atoms with E-state index in [4.69, 9.17) is 11.6 Å². The monoisotopic (exact) mass is 423 g/mol. The zero-order valence-electron chi connectivity index (χ0n) is 16.5. The molecule has 0 aliphatic heterocycles. The number of benzene rings is 1. The molecule has 4 nitrogen and oxygen atoms in total. The summed E-state index contributed by atoms with van der Waals surface area (Å²) in [6.07, 6.45) is -3.37. The van der Waals surface area contributed by atoms with Gasteiger partial charge in [0.25, 0.3) is 5.91 Å². The van der Waals surface area contributed by atoms with E-state index in [1.54, 1.807) is 19.1 Å². The Bertz CT molecular complexity index is 1060. The zero-order valence-corrected chi connectivity index (χ0v) is 17.2. The molecule has 8 heteroatoms. The molecule has 0 unspecified atom stereocenters. The van der Waals surface area contributed by atoms with Crippen molar-refractivity contribution in [1.82, 2.24) is 9.38 Å². The van der Waals surface area contributed by atoms with Gasteiger partial charge in [0, 0.05) is 11.9 Å². The predicted octanol–water partition coefficient (Wildman–Crippen LogP) is 6.12. The molecule has 154 valence electrons.